The van der Waals surface area contributed by atoms with Gasteiger partial charge in [0, 0.05) is 30.5 Å². The van der Waals surface area contributed by atoms with Crippen molar-refractivity contribution in [3.05, 3.63) is 62.1 Å². The van der Waals surface area contributed by atoms with Crippen molar-refractivity contribution >= 4 is 50.5 Å². The maximum Gasteiger partial charge on any atom is 0.269 e. The van der Waals surface area contributed by atoms with Gasteiger partial charge in [0.15, 0.2) is 5.11 Å². The fourth-order valence-corrected chi connectivity index (χ4v) is 2.92. The number of thiocarbonyl (C=S) groups is 1. The van der Waals surface area contributed by atoms with E-state index in [0.717, 1.165) is 0 Å². The minimum Gasteiger partial charge on any atom is -0.490 e. The van der Waals surface area contributed by atoms with Crippen molar-refractivity contribution in [2.45, 2.75) is 6.92 Å². The SMILES string of the molecule is COCCOc1ccc(C(=O)NC(=S)Nc2ccc([N+](=O)[O-])cc2C)cc1Br. The minimum absolute atomic E-state index is 0.0179. The molecule has 0 aliphatic heterocycles. The molecule has 0 unspecified atom stereocenters. The van der Waals surface area contributed by atoms with E-state index in [1.54, 1.807) is 32.2 Å². The quantitative estimate of drug-likeness (QED) is 0.276. The number of halogens is 1. The molecule has 0 saturated carbocycles. The Morgan fingerprint density at radius 2 is 2.00 bits per heavy atom. The van der Waals surface area contributed by atoms with Gasteiger partial charge >= 0.3 is 0 Å². The number of ether oxygens (including phenoxy) is 2. The standard InChI is InChI=1S/C18H18BrN3O5S/c1-11-9-13(22(24)25)4-5-15(11)20-18(28)21-17(23)12-3-6-16(14(19)10-12)27-8-7-26-2/h3-6,9-10H,7-8H2,1-2H3,(H2,20,21,23,28). The van der Waals surface area contributed by atoms with E-state index in [2.05, 4.69) is 26.6 Å². The summed E-state index contributed by atoms with van der Waals surface area (Å²) < 4.78 is 11.1. The highest BCUT2D eigenvalue weighted by Crippen LogP contribution is 2.26. The van der Waals surface area contributed by atoms with Gasteiger partial charge in [0.05, 0.1) is 16.0 Å². The molecule has 0 aliphatic rings. The summed E-state index contributed by atoms with van der Waals surface area (Å²) in [6.07, 6.45) is 0. The van der Waals surface area contributed by atoms with Crippen molar-refractivity contribution in [2.75, 3.05) is 25.6 Å². The Kier molecular flexibility index (Phi) is 7.85. The van der Waals surface area contributed by atoms with Crippen molar-refractivity contribution in [1.82, 2.24) is 5.32 Å². The Morgan fingerprint density at radius 3 is 2.61 bits per heavy atom. The highest BCUT2D eigenvalue weighted by atomic mass is 79.9. The number of hydrogen-bond donors (Lipinski definition) is 2. The molecule has 0 fully saturated rings. The number of anilines is 1. The maximum absolute atomic E-state index is 12.4. The molecular weight excluding hydrogens is 450 g/mol. The second-order valence-electron chi connectivity index (χ2n) is 5.65. The normalized spacial score (nSPS) is 10.2. The van der Waals surface area contributed by atoms with Gasteiger partial charge in [0.25, 0.3) is 11.6 Å². The van der Waals surface area contributed by atoms with E-state index in [1.807, 2.05) is 0 Å². The lowest BCUT2D eigenvalue weighted by molar-refractivity contribution is -0.384. The number of carbonyl (C=O) groups excluding carboxylic acids is 1. The molecule has 10 heteroatoms. The fourth-order valence-electron chi connectivity index (χ4n) is 2.22. The summed E-state index contributed by atoms with van der Waals surface area (Å²) >= 11 is 8.52. The predicted molar refractivity (Wildman–Crippen MR) is 113 cm³/mol. The van der Waals surface area contributed by atoms with E-state index in [4.69, 9.17) is 21.7 Å². The lowest BCUT2D eigenvalue weighted by Gasteiger charge is -2.12. The fraction of sp³-hybridized carbons (Fsp3) is 0.222. The average molecular weight is 468 g/mol. The van der Waals surface area contributed by atoms with Crippen molar-refractivity contribution in [3.63, 3.8) is 0 Å². The summed E-state index contributed by atoms with van der Waals surface area (Å²) in [7, 11) is 1.58. The molecule has 0 saturated heterocycles. The number of methoxy groups -OCH3 is 1. The van der Waals surface area contributed by atoms with E-state index in [0.29, 0.717) is 40.3 Å². The third-order valence-electron chi connectivity index (χ3n) is 3.64. The highest BCUT2D eigenvalue weighted by molar-refractivity contribution is 9.10. The Hall–Kier alpha value is -2.56. The Labute approximate surface area is 175 Å². The molecule has 8 nitrogen and oxygen atoms in total. The van der Waals surface area contributed by atoms with Gasteiger partial charge < -0.3 is 14.8 Å². The molecule has 1 amide bonds. The molecule has 28 heavy (non-hydrogen) atoms. The van der Waals surface area contributed by atoms with Gasteiger partial charge in [-0.1, -0.05) is 0 Å². The maximum atomic E-state index is 12.4. The van der Waals surface area contributed by atoms with Crippen molar-refractivity contribution in [1.29, 1.82) is 0 Å². The van der Waals surface area contributed by atoms with Gasteiger partial charge in [-0.25, -0.2) is 0 Å². The van der Waals surface area contributed by atoms with Crippen LogP contribution in [-0.4, -0.2) is 36.3 Å². The summed E-state index contributed by atoms with van der Waals surface area (Å²) in [4.78, 5) is 22.7. The van der Waals surface area contributed by atoms with Gasteiger partial charge in [-0.3, -0.25) is 20.2 Å². The first-order valence-corrected chi connectivity index (χ1v) is 9.30. The molecule has 0 aromatic heterocycles. The summed E-state index contributed by atoms with van der Waals surface area (Å²) in [5, 5.41) is 16.3. The summed E-state index contributed by atoms with van der Waals surface area (Å²) in [6.45, 7) is 2.55. The van der Waals surface area contributed by atoms with Gasteiger partial charge in [-0.2, -0.15) is 0 Å². The third-order valence-corrected chi connectivity index (χ3v) is 4.46. The lowest BCUT2D eigenvalue weighted by atomic mass is 10.2. The van der Waals surface area contributed by atoms with Crippen LogP contribution in [-0.2, 0) is 4.74 Å². The van der Waals surface area contributed by atoms with E-state index >= 15 is 0 Å². The molecule has 2 aromatic carbocycles. The monoisotopic (exact) mass is 467 g/mol. The zero-order valence-electron chi connectivity index (χ0n) is 15.2. The topological polar surface area (TPSA) is 103 Å². The first kappa shape index (κ1) is 21.7. The molecule has 148 valence electrons. The van der Waals surface area contributed by atoms with Crippen LogP contribution in [0.2, 0.25) is 0 Å². The summed E-state index contributed by atoms with van der Waals surface area (Å²) in [5.41, 5.74) is 1.57. The van der Waals surface area contributed by atoms with Crippen LogP contribution in [0, 0.1) is 17.0 Å². The molecule has 0 heterocycles. The molecule has 0 radical (unpaired) electrons. The zero-order chi connectivity index (χ0) is 20.7. The van der Waals surface area contributed by atoms with Crippen LogP contribution in [0.4, 0.5) is 11.4 Å². The number of non-ortho nitro benzene ring substituents is 1. The second-order valence-corrected chi connectivity index (χ2v) is 6.91. The zero-order valence-corrected chi connectivity index (χ0v) is 17.6. The summed E-state index contributed by atoms with van der Waals surface area (Å²) in [5.74, 6) is 0.192. The number of nitro benzene ring substituents is 1. The van der Waals surface area contributed by atoms with E-state index in [-0.39, 0.29) is 10.8 Å². The molecule has 2 rings (SSSR count). The number of benzene rings is 2. The number of nitrogens with one attached hydrogen (secondary N) is 2. The molecule has 0 aliphatic carbocycles. The van der Waals surface area contributed by atoms with Gasteiger partial charge in [0.1, 0.15) is 12.4 Å². The van der Waals surface area contributed by atoms with Gasteiger partial charge in [-0.05, 0) is 64.9 Å². The van der Waals surface area contributed by atoms with Crippen LogP contribution in [0.25, 0.3) is 0 Å². The second kappa shape index (κ2) is 10.1. The molecule has 2 N–H and O–H groups in total. The number of nitrogens with zero attached hydrogens (tertiary/aromatic N) is 1. The largest absolute Gasteiger partial charge is 0.490 e. The third kappa shape index (κ3) is 5.98. The number of amides is 1. The average Bonchev–Trinajstić information content (AvgIpc) is 2.64. The molecule has 0 spiro atoms. The van der Waals surface area contributed by atoms with Crippen molar-refractivity contribution < 1.29 is 19.2 Å². The Bertz CT molecular complexity index is 907. The van der Waals surface area contributed by atoms with Crippen LogP contribution in [0.3, 0.4) is 0 Å². The first-order chi connectivity index (χ1) is 13.3. The predicted octanol–water partition coefficient (Wildman–Crippen LogP) is 3.82. The number of nitro groups is 1. The van der Waals surface area contributed by atoms with Crippen LogP contribution in [0.1, 0.15) is 15.9 Å². The number of carbonyl (C=O) groups is 1. The molecule has 0 atom stereocenters. The van der Waals surface area contributed by atoms with E-state index < -0.39 is 10.8 Å². The smallest absolute Gasteiger partial charge is 0.269 e. The molecule has 0 bridgehead atoms. The van der Waals surface area contributed by atoms with Crippen molar-refractivity contribution in [3.8, 4) is 5.75 Å². The van der Waals surface area contributed by atoms with Crippen LogP contribution in [0.5, 0.6) is 5.75 Å². The van der Waals surface area contributed by atoms with Crippen LogP contribution in [0.15, 0.2) is 40.9 Å². The van der Waals surface area contributed by atoms with E-state index in [1.165, 1.54) is 18.2 Å². The van der Waals surface area contributed by atoms with E-state index in [9.17, 15) is 14.9 Å². The van der Waals surface area contributed by atoms with Crippen molar-refractivity contribution in [2.24, 2.45) is 0 Å². The molecule has 2 aromatic rings. The van der Waals surface area contributed by atoms with Crippen LogP contribution >= 0.6 is 28.1 Å². The summed E-state index contributed by atoms with van der Waals surface area (Å²) in [6, 6.07) is 9.23. The lowest BCUT2D eigenvalue weighted by Crippen LogP contribution is -2.34. The number of rotatable bonds is 7. The highest BCUT2D eigenvalue weighted by Gasteiger charge is 2.13. The Balaban J connectivity index is 1.99. The number of hydrogen-bond acceptors (Lipinski definition) is 6. The van der Waals surface area contributed by atoms with Gasteiger partial charge in [-0.15, -0.1) is 0 Å². The molecular formula is C18H18BrN3O5S. The van der Waals surface area contributed by atoms with Gasteiger partial charge in [0.2, 0.25) is 0 Å². The van der Waals surface area contributed by atoms with Crippen LogP contribution < -0.4 is 15.4 Å². The Morgan fingerprint density at radius 1 is 1.25 bits per heavy atom. The number of aryl methyl sites for hydroxylation is 1. The first-order valence-electron chi connectivity index (χ1n) is 8.10. The minimum atomic E-state index is -0.475.